The van der Waals surface area contributed by atoms with Gasteiger partial charge in [0.1, 0.15) is 0 Å². The van der Waals surface area contributed by atoms with E-state index in [-0.39, 0.29) is 11.8 Å². The molecule has 2 aromatic carbocycles. The Kier molecular flexibility index (Phi) is 7.17. The highest BCUT2D eigenvalue weighted by atomic mass is 16.2. The minimum absolute atomic E-state index is 0.139. The van der Waals surface area contributed by atoms with Crippen molar-refractivity contribution in [3.8, 4) is 0 Å². The third-order valence-corrected chi connectivity index (χ3v) is 4.97. The molecule has 1 aliphatic heterocycles. The topological polar surface area (TPSA) is 64.7 Å². The summed E-state index contributed by atoms with van der Waals surface area (Å²) in [7, 11) is 1.74. The summed E-state index contributed by atoms with van der Waals surface area (Å²) >= 11 is 0. The lowest BCUT2D eigenvalue weighted by atomic mass is 10.1. The monoisotopic (exact) mass is 380 g/mol. The Morgan fingerprint density at radius 1 is 1.04 bits per heavy atom. The van der Waals surface area contributed by atoms with E-state index in [0.717, 1.165) is 44.8 Å². The fraction of sp³-hybridized carbons (Fsp3) is 0.364. The second kappa shape index (κ2) is 10.0. The van der Waals surface area contributed by atoms with Gasteiger partial charge in [0.2, 0.25) is 0 Å². The van der Waals surface area contributed by atoms with Crippen LogP contribution in [0.5, 0.6) is 0 Å². The lowest BCUT2D eigenvalue weighted by molar-refractivity contribution is 0.0951. The number of hydrogen-bond donors (Lipinski definition) is 2. The van der Waals surface area contributed by atoms with Crippen LogP contribution in [0, 0.1) is 0 Å². The fourth-order valence-electron chi connectivity index (χ4n) is 3.30. The van der Waals surface area contributed by atoms with Crippen molar-refractivity contribution >= 4 is 17.5 Å². The van der Waals surface area contributed by atoms with Crippen LogP contribution in [0.25, 0.3) is 0 Å². The number of carbonyl (C=O) groups excluding carboxylic acids is 2. The minimum atomic E-state index is -0.141. The Balaban J connectivity index is 1.53. The molecule has 0 radical (unpaired) electrons. The number of piperazine rings is 1. The minimum Gasteiger partial charge on any atom is -0.352 e. The van der Waals surface area contributed by atoms with Crippen molar-refractivity contribution in [3.63, 3.8) is 0 Å². The van der Waals surface area contributed by atoms with Crippen molar-refractivity contribution in [1.29, 1.82) is 0 Å². The quantitative estimate of drug-likeness (QED) is 0.721. The molecule has 0 saturated carbocycles. The number of para-hydroxylation sites is 1. The molecule has 2 amide bonds. The van der Waals surface area contributed by atoms with Crippen LogP contribution in [-0.2, 0) is 0 Å². The Labute approximate surface area is 166 Å². The molecule has 0 aromatic heterocycles. The van der Waals surface area contributed by atoms with E-state index in [1.807, 2.05) is 30.3 Å². The standard InChI is InChI=1S/C22H28N4O2/c1-25(20-9-3-2-4-10-20)22(28)19-8-5-7-18(17-19)21(27)24-11-6-14-26-15-12-23-13-16-26/h2-5,7-10,17,23H,6,11-16H2,1H3,(H,24,27). The molecule has 0 bridgehead atoms. The second-order valence-electron chi connectivity index (χ2n) is 6.98. The summed E-state index contributed by atoms with van der Waals surface area (Å²) in [6, 6.07) is 16.4. The number of nitrogens with one attached hydrogen (secondary N) is 2. The molecule has 2 N–H and O–H groups in total. The van der Waals surface area contributed by atoms with Crippen LogP contribution in [0.1, 0.15) is 27.1 Å². The number of anilines is 1. The molecule has 1 heterocycles. The molecule has 6 heteroatoms. The summed E-state index contributed by atoms with van der Waals surface area (Å²) < 4.78 is 0. The van der Waals surface area contributed by atoms with Gasteiger partial charge in [-0.05, 0) is 43.3 Å². The predicted octanol–water partition coefficient (Wildman–Crippen LogP) is 1.99. The van der Waals surface area contributed by atoms with Crippen molar-refractivity contribution in [2.24, 2.45) is 0 Å². The van der Waals surface area contributed by atoms with Crippen LogP contribution in [0.2, 0.25) is 0 Å². The summed E-state index contributed by atoms with van der Waals surface area (Å²) in [5, 5.41) is 6.29. The Morgan fingerprint density at radius 2 is 1.75 bits per heavy atom. The van der Waals surface area contributed by atoms with Crippen molar-refractivity contribution in [1.82, 2.24) is 15.5 Å². The van der Waals surface area contributed by atoms with E-state index in [2.05, 4.69) is 15.5 Å². The number of nitrogens with zero attached hydrogens (tertiary/aromatic N) is 2. The maximum atomic E-state index is 12.7. The van der Waals surface area contributed by atoms with E-state index < -0.39 is 0 Å². The Bertz CT molecular complexity index is 788. The lowest BCUT2D eigenvalue weighted by Gasteiger charge is -2.27. The molecule has 0 unspecified atom stereocenters. The van der Waals surface area contributed by atoms with Crippen LogP contribution in [0.15, 0.2) is 54.6 Å². The molecule has 3 rings (SSSR count). The molecule has 28 heavy (non-hydrogen) atoms. The molecular formula is C22H28N4O2. The smallest absolute Gasteiger partial charge is 0.258 e. The van der Waals surface area contributed by atoms with Gasteiger partial charge in [-0.1, -0.05) is 24.3 Å². The molecular weight excluding hydrogens is 352 g/mol. The molecule has 2 aromatic rings. The Morgan fingerprint density at radius 3 is 2.50 bits per heavy atom. The number of benzene rings is 2. The van der Waals surface area contributed by atoms with Crippen LogP contribution in [0.3, 0.4) is 0 Å². The Hall–Kier alpha value is -2.70. The van der Waals surface area contributed by atoms with Gasteiger partial charge in [-0.25, -0.2) is 0 Å². The lowest BCUT2D eigenvalue weighted by Crippen LogP contribution is -2.44. The van der Waals surface area contributed by atoms with Gasteiger partial charge in [0.05, 0.1) is 0 Å². The number of rotatable bonds is 7. The maximum Gasteiger partial charge on any atom is 0.258 e. The largest absolute Gasteiger partial charge is 0.352 e. The van der Waals surface area contributed by atoms with E-state index in [4.69, 9.17) is 0 Å². The van der Waals surface area contributed by atoms with Gasteiger partial charge in [0.25, 0.3) is 11.8 Å². The van der Waals surface area contributed by atoms with E-state index in [0.29, 0.717) is 17.7 Å². The first kappa shape index (κ1) is 20.0. The van der Waals surface area contributed by atoms with Gasteiger partial charge in [0, 0.05) is 56.6 Å². The molecule has 1 saturated heterocycles. The highest BCUT2D eigenvalue weighted by Gasteiger charge is 2.15. The van der Waals surface area contributed by atoms with Gasteiger partial charge in [-0.3, -0.25) is 9.59 Å². The summed E-state index contributed by atoms with van der Waals surface area (Å²) in [5.41, 5.74) is 1.82. The summed E-state index contributed by atoms with van der Waals surface area (Å²) in [6.07, 6.45) is 0.918. The fourth-order valence-corrected chi connectivity index (χ4v) is 3.30. The van der Waals surface area contributed by atoms with E-state index in [1.54, 1.807) is 36.2 Å². The van der Waals surface area contributed by atoms with Crippen molar-refractivity contribution in [3.05, 3.63) is 65.7 Å². The first-order valence-electron chi connectivity index (χ1n) is 9.79. The summed E-state index contributed by atoms with van der Waals surface area (Å²) in [4.78, 5) is 29.2. The van der Waals surface area contributed by atoms with Crippen LogP contribution < -0.4 is 15.5 Å². The summed E-state index contributed by atoms with van der Waals surface area (Å²) in [6.45, 7) is 5.81. The van der Waals surface area contributed by atoms with Gasteiger partial charge < -0.3 is 20.4 Å². The number of amides is 2. The molecule has 1 fully saturated rings. The zero-order valence-corrected chi connectivity index (χ0v) is 16.4. The van der Waals surface area contributed by atoms with E-state index in [1.165, 1.54) is 0 Å². The summed E-state index contributed by atoms with van der Waals surface area (Å²) in [5.74, 6) is -0.281. The van der Waals surface area contributed by atoms with Gasteiger partial charge in [0.15, 0.2) is 0 Å². The zero-order chi connectivity index (χ0) is 19.8. The predicted molar refractivity (Wildman–Crippen MR) is 112 cm³/mol. The third-order valence-electron chi connectivity index (χ3n) is 4.97. The van der Waals surface area contributed by atoms with Crippen molar-refractivity contribution in [2.75, 3.05) is 51.2 Å². The third kappa shape index (κ3) is 5.41. The van der Waals surface area contributed by atoms with E-state index in [9.17, 15) is 9.59 Å². The normalized spacial score (nSPS) is 14.5. The maximum absolute atomic E-state index is 12.7. The van der Waals surface area contributed by atoms with Crippen molar-refractivity contribution < 1.29 is 9.59 Å². The molecule has 0 spiro atoms. The second-order valence-corrected chi connectivity index (χ2v) is 6.98. The average Bonchev–Trinajstić information content (AvgIpc) is 2.77. The highest BCUT2D eigenvalue weighted by Crippen LogP contribution is 2.15. The zero-order valence-electron chi connectivity index (χ0n) is 16.4. The first-order valence-corrected chi connectivity index (χ1v) is 9.79. The molecule has 1 aliphatic rings. The highest BCUT2D eigenvalue weighted by molar-refractivity contribution is 6.07. The van der Waals surface area contributed by atoms with Gasteiger partial charge >= 0.3 is 0 Å². The number of carbonyl (C=O) groups is 2. The van der Waals surface area contributed by atoms with Gasteiger partial charge in [-0.2, -0.15) is 0 Å². The van der Waals surface area contributed by atoms with Gasteiger partial charge in [-0.15, -0.1) is 0 Å². The van der Waals surface area contributed by atoms with Crippen LogP contribution >= 0.6 is 0 Å². The SMILES string of the molecule is CN(C(=O)c1cccc(C(=O)NCCCN2CCNCC2)c1)c1ccccc1. The van der Waals surface area contributed by atoms with Crippen LogP contribution in [-0.4, -0.2) is 63.0 Å². The first-order chi connectivity index (χ1) is 13.6. The molecule has 0 atom stereocenters. The average molecular weight is 380 g/mol. The van der Waals surface area contributed by atoms with Crippen LogP contribution in [0.4, 0.5) is 5.69 Å². The molecule has 6 nitrogen and oxygen atoms in total. The molecule has 148 valence electrons. The van der Waals surface area contributed by atoms with Crippen molar-refractivity contribution in [2.45, 2.75) is 6.42 Å². The number of hydrogen-bond acceptors (Lipinski definition) is 4. The van der Waals surface area contributed by atoms with E-state index >= 15 is 0 Å². The molecule has 0 aliphatic carbocycles.